The first-order valence-corrected chi connectivity index (χ1v) is 9.09. The summed E-state index contributed by atoms with van der Waals surface area (Å²) in [6.45, 7) is 8.54. The van der Waals surface area contributed by atoms with Crippen molar-refractivity contribution in [1.82, 2.24) is 10.2 Å². The highest BCUT2D eigenvalue weighted by Crippen LogP contribution is 2.61. The Kier molecular flexibility index (Phi) is 3.38. The Labute approximate surface area is 124 Å². The molecule has 2 heteroatoms. The molecule has 2 unspecified atom stereocenters. The predicted octanol–water partition coefficient (Wildman–Crippen LogP) is 3.28. The van der Waals surface area contributed by atoms with Gasteiger partial charge in [0.15, 0.2) is 0 Å². The van der Waals surface area contributed by atoms with Gasteiger partial charge in [0.05, 0.1) is 0 Å². The molecular formula is C18H32N2. The zero-order chi connectivity index (χ0) is 13.7. The summed E-state index contributed by atoms with van der Waals surface area (Å²) >= 11 is 0. The lowest BCUT2D eigenvalue weighted by Gasteiger charge is -2.57. The maximum atomic E-state index is 3.61. The average Bonchev–Trinajstić information content (AvgIpc) is 2.38. The smallest absolute Gasteiger partial charge is 0.0193 e. The maximum Gasteiger partial charge on any atom is 0.0193 e. The van der Waals surface area contributed by atoms with Gasteiger partial charge in [-0.25, -0.2) is 0 Å². The van der Waals surface area contributed by atoms with Gasteiger partial charge in [-0.1, -0.05) is 0 Å². The number of hydrogen-bond donors (Lipinski definition) is 1. The molecule has 4 bridgehead atoms. The SMILES string of the molecule is CC1CN(CCC23CC4CC(CC(C4)C2)C3)C(C)CN1. The number of hydrogen-bond acceptors (Lipinski definition) is 2. The summed E-state index contributed by atoms with van der Waals surface area (Å²) in [7, 11) is 0. The van der Waals surface area contributed by atoms with Crippen LogP contribution in [0.2, 0.25) is 0 Å². The van der Waals surface area contributed by atoms with Crippen molar-refractivity contribution in [2.75, 3.05) is 19.6 Å². The molecule has 2 nitrogen and oxygen atoms in total. The average molecular weight is 276 g/mol. The van der Waals surface area contributed by atoms with E-state index in [-0.39, 0.29) is 0 Å². The minimum Gasteiger partial charge on any atom is -0.311 e. The molecule has 1 N–H and O–H groups in total. The third-order valence-corrected chi connectivity index (χ3v) is 6.99. The monoisotopic (exact) mass is 276 g/mol. The van der Waals surface area contributed by atoms with Gasteiger partial charge in [-0.05, 0) is 88.5 Å². The zero-order valence-corrected chi connectivity index (χ0v) is 13.4. The molecule has 20 heavy (non-hydrogen) atoms. The third kappa shape index (κ3) is 2.43. The molecule has 5 rings (SSSR count). The minimum absolute atomic E-state index is 0.683. The van der Waals surface area contributed by atoms with E-state index in [1.54, 1.807) is 38.5 Å². The van der Waals surface area contributed by atoms with Crippen LogP contribution in [0.15, 0.2) is 0 Å². The standard InChI is InChI=1S/C18H32N2/c1-13-12-20(14(2)11-19-13)4-3-18-8-15-5-16(9-18)7-17(6-15)10-18/h13-17,19H,3-12H2,1-2H3. The Bertz CT molecular complexity index is 329. The second-order valence-corrected chi connectivity index (χ2v) is 8.82. The van der Waals surface area contributed by atoms with Crippen LogP contribution in [-0.2, 0) is 0 Å². The molecule has 1 aliphatic heterocycles. The Morgan fingerprint density at radius 3 is 2.20 bits per heavy atom. The molecule has 2 atom stereocenters. The van der Waals surface area contributed by atoms with Crippen molar-refractivity contribution in [3.63, 3.8) is 0 Å². The molecule has 0 aromatic carbocycles. The number of piperazine rings is 1. The van der Waals surface area contributed by atoms with Gasteiger partial charge in [0.1, 0.15) is 0 Å². The van der Waals surface area contributed by atoms with E-state index in [1.165, 1.54) is 26.1 Å². The molecule has 4 aliphatic carbocycles. The largest absolute Gasteiger partial charge is 0.311 e. The first kappa shape index (κ1) is 13.6. The lowest BCUT2D eigenvalue weighted by atomic mass is 9.49. The first-order chi connectivity index (χ1) is 9.62. The fourth-order valence-corrected chi connectivity index (χ4v) is 6.39. The molecule has 114 valence electrons. The van der Waals surface area contributed by atoms with Crippen molar-refractivity contribution in [3.8, 4) is 0 Å². The molecule has 5 aliphatic rings. The molecule has 0 amide bonds. The Hall–Kier alpha value is -0.0800. The van der Waals surface area contributed by atoms with Crippen LogP contribution in [0.25, 0.3) is 0 Å². The lowest BCUT2D eigenvalue weighted by Crippen LogP contribution is -2.55. The van der Waals surface area contributed by atoms with Gasteiger partial charge in [-0.3, -0.25) is 4.90 Å². The molecule has 0 spiro atoms. The van der Waals surface area contributed by atoms with Crippen molar-refractivity contribution < 1.29 is 0 Å². The van der Waals surface area contributed by atoms with Crippen molar-refractivity contribution in [1.29, 1.82) is 0 Å². The van der Waals surface area contributed by atoms with E-state index in [0.29, 0.717) is 6.04 Å². The van der Waals surface area contributed by atoms with Crippen LogP contribution in [0.1, 0.15) is 58.8 Å². The zero-order valence-electron chi connectivity index (χ0n) is 13.4. The molecule has 0 radical (unpaired) electrons. The summed E-state index contributed by atoms with van der Waals surface area (Å²) in [5.41, 5.74) is 0.766. The van der Waals surface area contributed by atoms with Gasteiger partial charge in [0.2, 0.25) is 0 Å². The fourth-order valence-electron chi connectivity index (χ4n) is 6.39. The number of nitrogens with zero attached hydrogens (tertiary/aromatic N) is 1. The summed E-state index contributed by atoms with van der Waals surface area (Å²) in [4.78, 5) is 2.76. The van der Waals surface area contributed by atoms with Gasteiger partial charge in [0, 0.05) is 25.2 Å². The van der Waals surface area contributed by atoms with Crippen LogP contribution in [0.5, 0.6) is 0 Å². The summed E-state index contributed by atoms with van der Waals surface area (Å²) in [5, 5.41) is 3.61. The van der Waals surface area contributed by atoms with Crippen molar-refractivity contribution in [2.24, 2.45) is 23.2 Å². The second kappa shape index (κ2) is 4.98. The first-order valence-electron chi connectivity index (χ1n) is 9.09. The Morgan fingerprint density at radius 2 is 1.60 bits per heavy atom. The molecule has 0 aromatic rings. The van der Waals surface area contributed by atoms with Crippen molar-refractivity contribution in [2.45, 2.75) is 70.9 Å². The topological polar surface area (TPSA) is 15.3 Å². The van der Waals surface area contributed by atoms with Crippen LogP contribution >= 0.6 is 0 Å². The summed E-state index contributed by atoms with van der Waals surface area (Å²) in [6.07, 6.45) is 11.0. The minimum atomic E-state index is 0.683. The van der Waals surface area contributed by atoms with Crippen LogP contribution < -0.4 is 5.32 Å². The number of nitrogens with one attached hydrogen (secondary N) is 1. The maximum absolute atomic E-state index is 3.61. The van der Waals surface area contributed by atoms with Crippen LogP contribution in [0.4, 0.5) is 0 Å². The van der Waals surface area contributed by atoms with E-state index in [1.807, 2.05) is 0 Å². The molecule has 1 saturated heterocycles. The predicted molar refractivity (Wildman–Crippen MR) is 83.7 cm³/mol. The van der Waals surface area contributed by atoms with Gasteiger partial charge >= 0.3 is 0 Å². The molecule has 5 fully saturated rings. The van der Waals surface area contributed by atoms with E-state index < -0.39 is 0 Å². The highest BCUT2D eigenvalue weighted by atomic mass is 15.2. The highest BCUT2D eigenvalue weighted by Gasteiger charge is 2.50. The van der Waals surface area contributed by atoms with Gasteiger partial charge in [0.25, 0.3) is 0 Å². The van der Waals surface area contributed by atoms with Crippen LogP contribution in [0.3, 0.4) is 0 Å². The Balaban J connectivity index is 1.39. The highest BCUT2D eigenvalue weighted by molar-refractivity contribution is 5.01. The summed E-state index contributed by atoms with van der Waals surface area (Å²) in [6, 6.07) is 1.42. The second-order valence-electron chi connectivity index (χ2n) is 8.82. The van der Waals surface area contributed by atoms with Crippen LogP contribution in [0, 0.1) is 23.2 Å². The van der Waals surface area contributed by atoms with E-state index >= 15 is 0 Å². The fraction of sp³-hybridized carbons (Fsp3) is 1.00. The third-order valence-electron chi connectivity index (χ3n) is 6.99. The van der Waals surface area contributed by atoms with Crippen molar-refractivity contribution in [3.05, 3.63) is 0 Å². The molecule has 4 saturated carbocycles. The quantitative estimate of drug-likeness (QED) is 0.851. The van der Waals surface area contributed by atoms with Gasteiger partial charge in [-0.15, -0.1) is 0 Å². The van der Waals surface area contributed by atoms with E-state index in [2.05, 4.69) is 24.1 Å². The summed E-state index contributed by atoms with van der Waals surface area (Å²) in [5.74, 6) is 3.34. The van der Waals surface area contributed by atoms with E-state index in [9.17, 15) is 0 Å². The molecule has 1 heterocycles. The van der Waals surface area contributed by atoms with Gasteiger partial charge in [-0.2, -0.15) is 0 Å². The number of rotatable bonds is 3. The van der Waals surface area contributed by atoms with E-state index in [4.69, 9.17) is 0 Å². The van der Waals surface area contributed by atoms with E-state index in [0.717, 1.165) is 29.2 Å². The molecule has 0 aromatic heterocycles. The van der Waals surface area contributed by atoms with Gasteiger partial charge < -0.3 is 5.32 Å². The normalized spacial score (nSPS) is 51.6. The Morgan fingerprint density at radius 1 is 1.00 bits per heavy atom. The molecular weight excluding hydrogens is 244 g/mol. The van der Waals surface area contributed by atoms with Crippen molar-refractivity contribution >= 4 is 0 Å². The van der Waals surface area contributed by atoms with Crippen LogP contribution in [-0.4, -0.2) is 36.6 Å². The summed E-state index contributed by atoms with van der Waals surface area (Å²) < 4.78 is 0. The lowest BCUT2D eigenvalue weighted by molar-refractivity contribution is -0.0632.